The Morgan fingerprint density at radius 1 is 1.15 bits per heavy atom. The van der Waals surface area contributed by atoms with Gasteiger partial charge in [-0.2, -0.15) is 0 Å². The average Bonchev–Trinajstić information content (AvgIpc) is 3.71. The molecule has 1 fully saturated rings. The van der Waals surface area contributed by atoms with Crippen LogP contribution in [0.3, 0.4) is 0 Å². The Labute approximate surface area is 235 Å². The Bertz CT molecular complexity index is 1550. The number of aliphatic hydroxyl groups excluding tert-OH is 2. The molecule has 13 nitrogen and oxygen atoms in total. The molecule has 1 saturated heterocycles. The van der Waals surface area contributed by atoms with Crippen molar-refractivity contribution in [1.29, 1.82) is 0 Å². The lowest BCUT2D eigenvalue weighted by Crippen LogP contribution is -2.46. The van der Waals surface area contributed by atoms with Gasteiger partial charge in [0.1, 0.15) is 30.3 Å². The summed E-state index contributed by atoms with van der Waals surface area (Å²) in [5, 5.41) is 26.9. The number of hydrogen-bond donors (Lipinski definition) is 4. The van der Waals surface area contributed by atoms with Gasteiger partial charge in [0.05, 0.1) is 19.5 Å². The van der Waals surface area contributed by atoms with Gasteiger partial charge < -0.3 is 39.8 Å². The van der Waals surface area contributed by atoms with Crippen LogP contribution in [0.1, 0.15) is 29.1 Å². The van der Waals surface area contributed by atoms with Crippen LogP contribution < -0.4 is 24.8 Å². The third kappa shape index (κ3) is 5.34. The van der Waals surface area contributed by atoms with E-state index >= 15 is 0 Å². The van der Waals surface area contributed by atoms with Gasteiger partial charge >= 0.3 is 0 Å². The first-order valence-corrected chi connectivity index (χ1v) is 13.3. The van der Waals surface area contributed by atoms with Gasteiger partial charge in [0.25, 0.3) is 5.91 Å². The molecule has 0 spiro atoms. The highest BCUT2D eigenvalue weighted by atomic mass is 16.7. The van der Waals surface area contributed by atoms with Gasteiger partial charge in [0.15, 0.2) is 34.7 Å². The van der Waals surface area contributed by atoms with Crippen LogP contribution in [0.15, 0.2) is 55.1 Å². The molecule has 41 heavy (non-hydrogen) atoms. The van der Waals surface area contributed by atoms with Crippen LogP contribution in [0.2, 0.25) is 0 Å². The second kappa shape index (κ2) is 11.6. The predicted molar refractivity (Wildman–Crippen MR) is 146 cm³/mol. The van der Waals surface area contributed by atoms with Gasteiger partial charge in [-0.3, -0.25) is 9.36 Å². The van der Waals surface area contributed by atoms with Gasteiger partial charge in [-0.25, -0.2) is 15.0 Å². The van der Waals surface area contributed by atoms with Crippen molar-refractivity contribution in [3.8, 4) is 17.2 Å². The van der Waals surface area contributed by atoms with Crippen LogP contribution in [0.25, 0.3) is 11.2 Å². The van der Waals surface area contributed by atoms with Crippen molar-refractivity contribution >= 4 is 22.9 Å². The number of nitrogens with one attached hydrogen (secondary N) is 2. The van der Waals surface area contributed by atoms with E-state index in [9.17, 15) is 15.0 Å². The summed E-state index contributed by atoms with van der Waals surface area (Å²) in [6.07, 6.45) is 0.653. The van der Waals surface area contributed by atoms with E-state index in [-0.39, 0.29) is 6.79 Å². The molecule has 13 heteroatoms. The number of aliphatic hydroxyl groups is 2. The number of anilines is 1. The summed E-state index contributed by atoms with van der Waals surface area (Å²) < 4.78 is 23.9. The summed E-state index contributed by atoms with van der Waals surface area (Å²) in [7, 11) is 0. The van der Waals surface area contributed by atoms with Crippen LogP contribution in [-0.4, -0.2) is 80.4 Å². The maximum Gasteiger partial charge on any atom is 0.251 e. The third-order valence-electron chi connectivity index (χ3n) is 7.03. The first-order chi connectivity index (χ1) is 20.1. The van der Waals surface area contributed by atoms with E-state index in [1.807, 2.05) is 25.1 Å². The molecule has 6 rings (SSSR count). The number of benzene rings is 2. The predicted octanol–water partition coefficient (Wildman–Crippen LogP) is 1.66. The normalized spacial score (nSPS) is 21.2. The van der Waals surface area contributed by atoms with E-state index < -0.39 is 37.0 Å². The molecule has 2 aromatic carbocycles. The van der Waals surface area contributed by atoms with Crippen LogP contribution >= 0.6 is 0 Å². The summed E-state index contributed by atoms with van der Waals surface area (Å²) in [6.45, 7) is 2.69. The molecule has 4 aromatic rings. The SMILES string of the molecule is CCOc1cccc(C(=O)N[C@@H]2[C@H](O)[C@@H](CO)O[C@H]2n2cnc3c(NCCc4ccc5c(c4)OCO5)ncnc32)c1. The highest BCUT2D eigenvalue weighted by molar-refractivity contribution is 5.95. The summed E-state index contributed by atoms with van der Waals surface area (Å²) in [4.78, 5) is 26.4. The second-order valence-electron chi connectivity index (χ2n) is 9.61. The molecule has 4 atom stereocenters. The largest absolute Gasteiger partial charge is 0.494 e. The number of fused-ring (bicyclic) bond motifs is 2. The highest BCUT2D eigenvalue weighted by Gasteiger charge is 2.46. The Balaban J connectivity index is 1.20. The van der Waals surface area contributed by atoms with E-state index in [2.05, 4.69) is 25.6 Å². The van der Waals surface area contributed by atoms with Crippen LogP contribution in [0.5, 0.6) is 17.2 Å². The number of hydrogen-bond acceptors (Lipinski definition) is 11. The van der Waals surface area contributed by atoms with E-state index in [1.165, 1.54) is 12.7 Å². The summed E-state index contributed by atoms with van der Waals surface area (Å²) in [5.41, 5.74) is 2.38. The fraction of sp³-hybridized carbons (Fsp3) is 0.357. The van der Waals surface area contributed by atoms with Gasteiger partial charge in [-0.15, -0.1) is 0 Å². The van der Waals surface area contributed by atoms with Gasteiger partial charge in [0.2, 0.25) is 6.79 Å². The molecular formula is C28H30N6O7. The molecule has 4 N–H and O–H groups in total. The lowest BCUT2D eigenvalue weighted by molar-refractivity contribution is -0.0440. The quantitative estimate of drug-likeness (QED) is 0.222. The zero-order valence-corrected chi connectivity index (χ0v) is 22.3. The number of rotatable bonds is 10. The number of amides is 1. The van der Waals surface area contributed by atoms with E-state index in [0.29, 0.717) is 47.9 Å². The Morgan fingerprint density at radius 3 is 2.88 bits per heavy atom. The van der Waals surface area contributed by atoms with Crippen LogP contribution in [-0.2, 0) is 11.2 Å². The standard InChI is InChI=1S/C28H30N6O7/c1-2-38-18-5-3-4-17(11-18)27(37)33-22-24(36)21(12-35)41-28(22)34-14-32-23-25(30-13-31-26(23)34)29-9-8-16-6-7-19-20(10-16)40-15-39-19/h3-7,10-11,13-14,21-22,24,28,35-36H,2,8-9,12,15H2,1H3,(H,33,37)(H,29,30,31)/t21-,22-,24-,28-/m1/s1. The number of carbonyl (C=O) groups is 1. The molecule has 2 aromatic heterocycles. The molecule has 214 valence electrons. The molecule has 4 heterocycles. The van der Waals surface area contributed by atoms with Crippen molar-refractivity contribution in [1.82, 2.24) is 24.8 Å². The van der Waals surface area contributed by atoms with Crippen molar-refractivity contribution in [2.45, 2.75) is 37.8 Å². The highest BCUT2D eigenvalue weighted by Crippen LogP contribution is 2.34. The molecule has 0 saturated carbocycles. The molecule has 2 aliphatic heterocycles. The van der Waals surface area contributed by atoms with Crippen molar-refractivity contribution in [3.05, 3.63) is 66.2 Å². The van der Waals surface area contributed by atoms with Gasteiger partial charge in [-0.1, -0.05) is 12.1 Å². The Morgan fingerprint density at radius 2 is 2.02 bits per heavy atom. The summed E-state index contributed by atoms with van der Waals surface area (Å²) >= 11 is 0. The minimum absolute atomic E-state index is 0.227. The fourth-order valence-corrected chi connectivity index (χ4v) is 5.01. The maximum absolute atomic E-state index is 13.2. The third-order valence-corrected chi connectivity index (χ3v) is 7.03. The van der Waals surface area contributed by atoms with Crippen molar-refractivity contribution in [2.24, 2.45) is 0 Å². The maximum atomic E-state index is 13.2. The fourth-order valence-electron chi connectivity index (χ4n) is 5.01. The molecule has 0 unspecified atom stereocenters. The summed E-state index contributed by atoms with van der Waals surface area (Å²) in [6, 6.07) is 11.7. The minimum atomic E-state index is -1.18. The van der Waals surface area contributed by atoms with Crippen molar-refractivity contribution < 1.29 is 34.0 Å². The van der Waals surface area contributed by atoms with Gasteiger partial charge in [-0.05, 0) is 49.2 Å². The average molecular weight is 563 g/mol. The number of imidazole rings is 1. The zero-order chi connectivity index (χ0) is 28.3. The molecule has 0 bridgehead atoms. The van der Waals surface area contributed by atoms with E-state index in [4.69, 9.17) is 18.9 Å². The molecule has 2 aliphatic rings. The topological polar surface area (TPSA) is 162 Å². The molecule has 0 aliphatic carbocycles. The van der Waals surface area contributed by atoms with Crippen LogP contribution in [0, 0.1) is 0 Å². The molecular weight excluding hydrogens is 532 g/mol. The van der Waals surface area contributed by atoms with Gasteiger partial charge in [0, 0.05) is 12.1 Å². The smallest absolute Gasteiger partial charge is 0.251 e. The second-order valence-corrected chi connectivity index (χ2v) is 9.61. The first-order valence-electron chi connectivity index (χ1n) is 13.3. The number of nitrogens with zero attached hydrogens (tertiary/aromatic N) is 4. The lowest BCUT2D eigenvalue weighted by Gasteiger charge is -2.23. The van der Waals surface area contributed by atoms with Crippen molar-refractivity contribution in [2.75, 3.05) is 31.9 Å². The van der Waals surface area contributed by atoms with E-state index in [1.54, 1.807) is 28.8 Å². The number of aromatic nitrogens is 4. The Kier molecular flexibility index (Phi) is 7.55. The van der Waals surface area contributed by atoms with Crippen LogP contribution in [0.4, 0.5) is 5.82 Å². The summed E-state index contributed by atoms with van der Waals surface area (Å²) in [5.74, 6) is 2.13. The number of carbonyl (C=O) groups excluding carboxylic acids is 1. The van der Waals surface area contributed by atoms with E-state index in [0.717, 1.165) is 17.1 Å². The minimum Gasteiger partial charge on any atom is -0.494 e. The number of ether oxygens (including phenoxy) is 4. The first kappa shape index (κ1) is 26.7. The molecule has 1 amide bonds. The lowest BCUT2D eigenvalue weighted by atomic mass is 10.1. The molecule has 0 radical (unpaired) electrons. The van der Waals surface area contributed by atoms with Crippen molar-refractivity contribution in [3.63, 3.8) is 0 Å². The Hall–Kier alpha value is -4.46. The zero-order valence-electron chi connectivity index (χ0n) is 22.3. The monoisotopic (exact) mass is 562 g/mol.